The summed E-state index contributed by atoms with van der Waals surface area (Å²) in [4.78, 5) is 8.39. The molecule has 0 aliphatic rings. The van der Waals surface area contributed by atoms with E-state index in [9.17, 15) is 4.39 Å². The summed E-state index contributed by atoms with van der Waals surface area (Å²) in [5.41, 5.74) is 4.55. The Morgan fingerprint density at radius 3 is 1.81 bits per heavy atom. The Balaban J connectivity index is 1.93. The molecule has 0 unspecified atom stereocenters. The van der Waals surface area contributed by atoms with Crippen molar-refractivity contribution in [1.82, 2.24) is 9.97 Å². The van der Waals surface area contributed by atoms with E-state index in [-0.39, 0.29) is 5.82 Å². The van der Waals surface area contributed by atoms with Gasteiger partial charge in [-0.25, -0.2) is 14.4 Å². The second kappa shape index (κ2) is 5.44. The van der Waals surface area contributed by atoms with Crippen molar-refractivity contribution in [3.05, 3.63) is 72.1 Å². The predicted molar refractivity (Wildman–Crippen MR) is 82.3 cm³/mol. The molecule has 0 saturated carbocycles. The second-order valence-electron chi connectivity index (χ2n) is 5.06. The molecule has 21 heavy (non-hydrogen) atoms. The minimum Gasteiger partial charge on any atom is -0.241 e. The molecular formula is C18H15FN2. The molecule has 1 heterocycles. The molecule has 104 valence electrons. The molecule has 0 saturated heterocycles. The first kappa shape index (κ1) is 13.4. The first-order chi connectivity index (χ1) is 10.1. The maximum atomic E-state index is 13.6. The van der Waals surface area contributed by atoms with Gasteiger partial charge >= 0.3 is 0 Å². The zero-order chi connectivity index (χ0) is 14.8. The summed E-state index contributed by atoms with van der Waals surface area (Å²) in [7, 11) is 0. The van der Waals surface area contributed by atoms with Gasteiger partial charge in [-0.15, -0.1) is 0 Å². The lowest BCUT2D eigenvalue weighted by molar-refractivity contribution is 0.619. The highest BCUT2D eigenvalue weighted by molar-refractivity contribution is 5.69. The Labute approximate surface area is 123 Å². The second-order valence-corrected chi connectivity index (χ2v) is 5.06. The third-order valence-electron chi connectivity index (χ3n) is 3.50. The highest BCUT2D eigenvalue weighted by Gasteiger charge is 2.03. The summed E-state index contributed by atoms with van der Waals surface area (Å²) in [5.74, 6) is 0.578. The van der Waals surface area contributed by atoms with Gasteiger partial charge < -0.3 is 0 Å². The fraction of sp³-hybridized carbons (Fsp3) is 0.111. The van der Waals surface area contributed by atoms with Crippen molar-refractivity contribution in [2.75, 3.05) is 0 Å². The SMILES string of the molecule is Cc1ncc(-c2ccc(-c3ccc(C)c(F)c3)cc2)cn1. The van der Waals surface area contributed by atoms with Gasteiger partial charge in [0.1, 0.15) is 11.6 Å². The number of nitrogens with zero attached hydrogens (tertiary/aromatic N) is 2. The first-order valence-corrected chi connectivity index (χ1v) is 6.79. The van der Waals surface area contributed by atoms with Crippen LogP contribution in [0.3, 0.4) is 0 Å². The van der Waals surface area contributed by atoms with Gasteiger partial charge in [0.25, 0.3) is 0 Å². The molecule has 3 rings (SSSR count). The fourth-order valence-electron chi connectivity index (χ4n) is 2.17. The highest BCUT2D eigenvalue weighted by atomic mass is 19.1. The van der Waals surface area contributed by atoms with Gasteiger partial charge in [-0.3, -0.25) is 0 Å². The number of aromatic nitrogens is 2. The van der Waals surface area contributed by atoms with Crippen LogP contribution in [-0.4, -0.2) is 9.97 Å². The molecule has 0 fully saturated rings. The van der Waals surface area contributed by atoms with Gasteiger partial charge in [0, 0.05) is 18.0 Å². The fourth-order valence-corrected chi connectivity index (χ4v) is 2.17. The predicted octanol–water partition coefficient (Wildman–Crippen LogP) is 4.57. The van der Waals surface area contributed by atoms with E-state index in [0.717, 1.165) is 28.1 Å². The molecule has 3 heteroatoms. The third kappa shape index (κ3) is 2.82. The van der Waals surface area contributed by atoms with Gasteiger partial charge in [0.15, 0.2) is 0 Å². The molecule has 0 spiro atoms. The molecule has 1 aromatic heterocycles. The number of hydrogen-bond acceptors (Lipinski definition) is 2. The van der Waals surface area contributed by atoms with E-state index in [1.807, 2.05) is 49.6 Å². The number of halogens is 1. The Bertz CT molecular complexity index is 762. The van der Waals surface area contributed by atoms with Crippen LogP contribution in [0.4, 0.5) is 4.39 Å². The lowest BCUT2D eigenvalue weighted by atomic mass is 10.0. The van der Waals surface area contributed by atoms with Crippen molar-refractivity contribution < 1.29 is 4.39 Å². The van der Waals surface area contributed by atoms with Crippen LogP contribution >= 0.6 is 0 Å². The van der Waals surface area contributed by atoms with Gasteiger partial charge in [-0.2, -0.15) is 0 Å². The van der Waals surface area contributed by atoms with Gasteiger partial charge in [-0.05, 0) is 42.2 Å². The summed E-state index contributed by atoms with van der Waals surface area (Å²) in [5, 5.41) is 0. The van der Waals surface area contributed by atoms with Crippen molar-refractivity contribution in [2.45, 2.75) is 13.8 Å². The normalized spacial score (nSPS) is 10.6. The molecular weight excluding hydrogens is 263 g/mol. The smallest absolute Gasteiger partial charge is 0.126 e. The van der Waals surface area contributed by atoms with Crippen LogP contribution in [-0.2, 0) is 0 Å². The van der Waals surface area contributed by atoms with Gasteiger partial charge in [0.05, 0.1) is 0 Å². The molecule has 0 radical (unpaired) electrons. The standard InChI is InChI=1S/C18H15FN2/c1-12-3-4-16(9-18(12)19)14-5-7-15(8-6-14)17-10-20-13(2)21-11-17/h3-11H,1-2H3. The third-order valence-corrected chi connectivity index (χ3v) is 3.50. The quantitative estimate of drug-likeness (QED) is 0.686. The summed E-state index contributed by atoms with van der Waals surface area (Å²) >= 11 is 0. The van der Waals surface area contributed by atoms with Crippen molar-refractivity contribution in [3.8, 4) is 22.3 Å². The average Bonchev–Trinajstić information content (AvgIpc) is 2.51. The maximum absolute atomic E-state index is 13.6. The zero-order valence-corrected chi connectivity index (χ0v) is 12.0. The number of aryl methyl sites for hydroxylation is 2. The summed E-state index contributed by atoms with van der Waals surface area (Å²) in [6.45, 7) is 3.62. The summed E-state index contributed by atoms with van der Waals surface area (Å²) in [6.07, 6.45) is 3.62. The number of hydrogen-bond donors (Lipinski definition) is 0. The Hall–Kier alpha value is -2.55. The maximum Gasteiger partial charge on any atom is 0.126 e. The van der Waals surface area contributed by atoms with E-state index < -0.39 is 0 Å². The van der Waals surface area contributed by atoms with E-state index in [1.54, 1.807) is 19.1 Å². The summed E-state index contributed by atoms with van der Waals surface area (Å²) < 4.78 is 13.6. The zero-order valence-electron chi connectivity index (χ0n) is 12.0. The van der Waals surface area contributed by atoms with E-state index in [4.69, 9.17) is 0 Å². The van der Waals surface area contributed by atoms with Crippen LogP contribution in [0.25, 0.3) is 22.3 Å². The topological polar surface area (TPSA) is 25.8 Å². The van der Waals surface area contributed by atoms with Crippen molar-refractivity contribution >= 4 is 0 Å². The van der Waals surface area contributed by atoms with Crippen LogP contribution in [0.2, 0.25) is 0 Å². The highest BCUT2D eigenvalue weighted by Crippen LogP contribution is 2.25. The molecule has 0 atom stereocenters. The molecule has 0 amide bonds. The largest absolute Gasteiger partial charge is 0.241 e. The first-order valence-electron chi connectivity index (χ1n) is 6.79. The van der Waals surface area contributed by atoms with Crippen LogP contribution in [0.5, 0.6) is 0 Å². The van der Waals surface area contributed by atoms with Crippen LogP contribution < -0.4 is 0 Å². The molecule has 2 aromatic carbocycles. The minimum atomic E-state index is -0.177. The van der Waals surface area contributed by atoms with Crippen LogP contribution in [0, 0.1) is 19.7 Å². The molecule has 0 aliphatic heterocycles. The minimum absolute atomic E-state index is 0.177. The van der Waals surface area contributed by atoms with Gasteiger partial charge in [0.2, 0.25) is 0 Å². The Kier molecular flexibility index (Phi) is 3.48. The lowest BCUT2D eigenvalue weighted by Crippen LogP contribution is -1.88. The van der Waals surface area contributed by atoms with E-state index in [2.05, 4.69) is 9.97 Å². The number of benzene rings is 2. The molecule has 0 aliphatic carbocycles. The van der Waals surface area contributed by atoms with Crippen molar-refractivity contribution in [2.24, 2.45) is 0 Å². The van der Waals surface area contributed by atoms with Gasteiger partial charge in [-0.1, -0.05) is 36.4 Å². The van der Waals surface area contributed by atoms with E-state index >= 15 is 0 Å². The molecule has 3 aromatic rings. The monoisotopic (exact) mass is 278 g/mol. The van der Waals surface area contributed by atoms with Crippen molar-refractivity contribution in [3.63, 3.8) is 0 Å². The molecule has 0 bridgehead atoms. The molecule has 0 N–H and O–H groups in total. The van der Waals surface area contributed by atoms with E-state index in [0.29, 0.717) is 5.56 Å². The Morgan fingerprint density at radius 2 is 1.24 bits per heavy atom. The van der Waals surface area contributed by atoms with Crippen LogP contribution in [0.15, 0.2) is 54.9 Å². The van der Waals surface area contributed by atoms with E-state index in [1.165, 1.54) is 0 Å². The lowest BCUT2D eigenvalue weighted by Gasteiger charge is -2.06. The molecule has 2 nitrogen and oxygen atoms in total. The Morgan fingerprint density at radius 1 is 0.714 bits per heavy atom. The summed E-state index contributed by atoms with van der Waals surface area (Å²) in [6, 6.07) is 13.3. The average molecular weight is 278 g/mol. The van der Waals surface area contributed by atoms with Crippen LogP contribution in [0.1, 0.15) is 11.4 Å². The van der Waals surface area contributed by atoms with Crippen molar-refractivity contribution in [1.29, 1.82) is 0 Å². The number of rotatable bonds is 2.